The SMILES string of the molecule is O=C(O)C1CCC(Cc2cccc3ccccc23)N1. The van der Waals surface area contributed by atoms with Gasteiger partial charge >= 0.3 is 5.97 Å². The zero-order chi connectivity index (χ0) is 13.2. The first-order valence-electron chi connectivity index (χ1n) is 6.69. The molecule has 19 heavy (non-hydrogen) atoms. The molecule has 0 spiro atoms. The molecule has 98 valence electrons. The predicted octanol–water partition coefficient (Wildman–Crippen LogP) is 2.59. The van der Waals surface area contributed by atoms with Crippen LogP contribution in [0.5, 0.6) is 0 Å². The molecule has 3 nitrogen and oxygen atoms in total. The maximum atomic E-state index is 10.9. The van der Waals surface area contributed by atoms with Crippen LogP contribution in [0.4, 0.5) is 0 Å². The molecule has 2 aromatic rings. The Morgan fingerprint density at radius 1 is 1.16 bits per heavy atom. The maximum absolute atomic E-state index is 10.9. The summed E-state index contributed by atoms with van der Waals surface area (Å²) in [5, 5.41) is 14.7. The molecule has 3 heteroatoms. The van der Waals surface area contributed by atoms with Crippen molar-refractivity contribution in [2.75, 3.05) is 0 Å². The molecule has 0 saturated carbocycles. The number of carboxylic acid groups (broad SMARTS) is 1. The van der Waals surface area contributed by atoms with Gasteiger partial charge < -0.3 is 10.4 Å². The van der Waals surface area contributed by atoms with Gasteiger partial charge in [-0.25, -0.2) is 0 Å². The van der Waals surface area contributed by atoms with Crippen LogP contribution in [-0.2, 0) is 11.2 Å². The van der Waals surface area contributed by atoms with Gasteiger partial charge in [0.1, 0.15) is 6.04 Å². The summed E-state index contributed by atoms with van der Waals surface area (Å²) in [7, 11) is 0. The topological polar surface area (TPSA) is 49.3 Å². The molecule has 0 radical (unpaired) electrons. The van der Waals surface area contributed by atoms with Gasteiger partial charge in [-0.1, -0.05) is 42.5 Å². The zero-order valence-electron chi connectivity index (χ0n) is 10.7. The van der Waals surface area contributed by atoms with E-state index in [-0.39, 0.29) is 12.1 Å². The van der Waals surface area contributed by atoms with Gasteiger partial charge in [0.25, 0.3) is 0 Å². The molecule has 3 rings (SSSR count). The number of carbonyl (C=O) groups is 1. The van der Waals surface area contributed by atoms with Crippen molar-refractivity contribution in [3.63, 3.8) is 0 Å². The fourth-order valence-corrected chi connectivity index (χ4v) is 2.91. The summed E-state index contributed by atoms with van der Waals surface area (Å²) in [4.78, 5) is 10.9. The van der Waals surface area contributed by atoms with Crippen LogP contribution in [0, 0.1) is 0 Å². The van der Waals surface area contributed by atoms with E-state index in [0.29, 0.717) is 0 Å². The highest BCUT2D eigenvalue weighted by Crippen LogP contribution is 2.23. The molecule has 1 saturated heterocycles. The van der Waals surface area contributed by atoms with Crippen LogP contribution in [0.1, 0.15) is 18.4 Å². The molecule has 0 aromatic heterocycles. The van der Waals surface area contributed by atoms with Crippen molar-refractivity contribution in [2.24, 2.45) is 0 Å². The first-order chi connectivity index (χ1) is 9.24. The van der Waals surface area contributed by atoms with E-state index in [0.717, 1.165) is 19.3 Å². The summed E-state index contributed by atoms with van der Waals surface area (Å²) >= 11 is 0. The molecule has 1 aliphatic rings. The van der Waals surface area contributed by atoms with E-state index in [2.05, 4.69) is 35.6 Å². The Kier molecular flexibility index (Phi) is 3.22. The van der Waals surface area contributed by atoms with Crippen molar-refractivity contribution >= 4 is 16.7 Å². The van der Waals surface area contributed by atoms with E-state index in [1.54, 1.807) is 0 Å². The second-order valence-corrected chi connectivity index (χ2v) is 5.17. The minimum absolute atomic E-state index is 0.270. The van der Waals surface area contributed by atoms with E-state index in [4.69, 9.17) is 5.11 Å². The quantitative estimate of drug-likeness (QED) is 0.886. The summed E-state index contributed by atoms with van der Waals surface area (Å²) in [6.45, 7) is 0. The number of nitrogens with one attached hydrogen (secondary N) is 1. The standard InChI is InChI=1S/C16H17NO2/c18-16(19)15-9-8-13(17-15)10-12-6-3-5-11-4-1-2-7-14(11)12/h1-7,13,15,17H,8-10H2,(H,18,19). The third-order valence-corrected chi connectivity index (χ3v) is 3.89. The Labute approximate surface area is 112 Å². The average molecular weight is 255 g/mol. The highest BCUT2D eigenvalue weighted by Gasteiger charge is 2.28. The van der Waals surface area contributed by atoms with Crippen molar-refractivity contribution in [2.45, 2.75) is 31.3 Å². The Morgan fingerprint density at radius 2 is 1.95 bits per heavy atom. The van der Waals surface area contributed by atoms with E-state index < -0.39 is 5.97 Å². The van der Waals surface area contributed by atoms with Crippen LogP contribution in [0.25, 0.3) is 10.8 Å². The molecule has 2 aromatic carbocycles. The Bertz CT molecular complexity index is 603. The molecule has 2 atom stereocenters. The lowest BCUT2D eigenvalue weighted by Gasteiger charge is -2.13. The summed E-state index contributed by atoms with van der Waals surface area (Å²) in [6, 6.07) is 14.6. The van der Waals surface area contributed by atoms with Gasteiger partial charge in [-0.3, -0.25) is 4.79 Å². The number of hydrogen-bond donors (Lipinski definition) is 2. The Morgan fingerprint density at radius 3 is 2.74 bits per heavy atom. The van der Waals surface area contributed by atoms with E-state index in [1.807, 2.05) is 12.1 Å². The van der Waals surface area contributed by atoms with Crippen LogP contribution in [-0.4, -0.2) is 23.2 Å². The lowest BCUT2D eigenvalue weighted by Crippen LogP contribution is -2.36. The number of hydrogen-bond acceptors (Lipinski definition) is 2. The average Bonchev–Trinajstić information content (AvgIpc) is 2.88. The summed E-state index contributed by atoms with van der Waals surface area (Å²) < 4.78 is 0. The number of fused-ring (bicyclic) bond motifs is 1. The molecule has 0 aliphatic carbocycles. The lowest BCUT2D eigenvalue weighted by atomic mass is 9.98. The van der Waals surface area contributed by atoms with Crippen LogP contribution in [0.2, 0.25) is 0 Å². The molecule has 2 N–H and O–H groups in total. The maximum Gasteiger partial charge on any atom is 0.320 e. The molecular formula is C16H17NO2. The highest BCUT2D eigenvalue weighted by atomic mass is 16.4. The number of rotatable bonds is 3. The predicted molar refractivity (Wildman–Crippen MR) is 75.2 cm³/mol. The van der Waals surface area contributed by atoms with Crippen molar-refractivity contribution in [1.29, 1.82) is 0 Å². The van der Waals surface area contributed by atoms with Gasteiger partial charge in [0.2, 0.25) is 0 Å². The fourth-order valence-electron chi connectivity index (χ4n) is 2.91. The third kappa shape index (κ3) is 2.47. The molecule has 0 amide bonds. The summed E-state index contributed by atoms with van der Waals surface area (Å²) in [5.41, 5.74) is 1.29. The van der Waals surface area contributed by atoms with Gasteiger partial charge in [-0.15, -0.1) is 0 Å². The number of aliphatic carboxylic acids is 1. The van der Waals surface area contributed by atoms with Crippen LogP contribution in [0.15, 0.2) is 42.5 Å². The van der Waals surface area contributed by atoms with Gasteiger partial charge in [0.15, 0.2) is 0 Å². The molecule has 0 bridgehead atoms. The normalized spacial score (nSPS) is 22.7. The van der Waals surface area contributed by atoms with E-state index in [9.17, 15) is 4.79 Å². The minimum atomic E-state index is -0.736. The van der Waals surface area contributed by atoms with Gasteiger partial charge in [-0.05, 0) is 35.6 Å². The minimum Gasteiger partial charge on any atom is -0.480 e. The van der Waals surface area contributed by atoms with Crippen LogP contribution < -0.4 is 5.32 Å². The largest absolute Gasteiger partial charge is 0.480 e. The third-order valence-electron chi connectivity index (χ3n) is 3.89. The molecular weight excluding hydrogens is 238 g/mol. The second-order valence-electron chi connectivity index (χ2n) is 5.17. The van der Waals surface area contributed by atoms with Crippen molar-refractivity contribution < 1.29 is 9.90 Å². The van der Waals surface area contributed by atoms with Crippen molar-refractivity contribution in [3.8, 4) is 0 Å². The van der Waals surface area contributed by atoms with E-state index >= 15 is 0 Å². The van der Waals surface area contributed by atoms with Crippen LogP contribution >= 0.6 is 0 Å². The number of carboxylic acids is 1. The second kappa shape index (κ2) is 5.02. The molecule has 1 fully saturated rings. The molecule has 2 unspecified atom stereocenters. The molecule has 1 heterocycles. The Balaban J connectivity index is 1.81. The zero-order valence-corrected chi connectivity index (χ0v) is 10.7. The first kappa shape index (κ1) is 12.2. The van der Waals surface area contributed by atoms with Gasteiger partial charge in [0, 0.05) is 6.04 Å². The van der Waals surface area contributed by atoms with Gasteiger partial charge in [0.05, 0.1) is 0 Å². The van der Waals surface area contributed by atoms with Crippen LogP contribution in [0.3, 0.4) is 0 Å². The Hall–Kier alpha value is -1.87. The van der Waals surface area contributed by atoms with Gasteiger partial charge in [-0.2, -0.15) is 0 Å². The van der Waals surface area contributed by atoms with E-state index in [1.165, 1.54) is 16.3 Å². The molecule has 1 aliphatic heterocycles. The summed E-state index contributed by atoms with van der Waals surface area (Å²) in [5.74, 6) is -0.736. The monoisotopic (exact) mass is 255 g/mol. The first-order valence-corrected chi connectivity index (χ1v) is 6.69. The smallest absolute Gasteiger partial charge is 0.320 e. The van der Waals surface area contributed by atoms with Crippen molar-refractivity contribution in [3.05, 3.63) is 48.0 Å². The lowest BCUT2D eigenvalue weighted by molar-refractivity contribution is -0.139. The fraction of sp³-hybridized carbons (Fsp3) is 0.312. The van der Waals surface area contributed by atoms with Crippen molar-refractivity contribution in [1.82, 2.24) is 5.32 Å². The highest BCUT2D eigenvalue weighted by molar-refractivity contribution is 5.85. The summed E-state index contributed by atoms with van der Waals surface area (Å²) in [6.07, 6.45) is 2.55. The number of benzene rings is 2.